The van der Waals surface area contributed by atoms with E-state index in [1.807, 2.05) is 21.5 Å². The molecule has 0 fully saturated rings. The van der Waals surface area contributed by atoms with Gasteiger partial charge in [0.2, 0.25) is 0 Å². The van der Waals surface area contributed by atoms with Gasteiger partial charge in [-0.15, -0.1) is 0 Å². The van der Waals surface area contributed by atoms with Gasteiger partial charge < -0.3 is 0 Å². The summed E-state index contributed by atoms with van der Waals surface area (Å²) in [5.74, 6) is 1.28. The van der Waals surface area contributed by atoms with E-state index in [9.17, 15) is 38.9 Å². The van der Waals surface area contributed by atoms with Crippen molar-refractivity contribution in [3.8, 4) is 0 Å². The second-order valence-corrected chi connectivity index (χ2v) is 20.5. The maximum atomic E-state index is 12.4. The zero-order chi connectivity index (χ0) is 37.6. The van der Waals surface area contributed by atoms with Crippen molar-refractivity contribution in [1.82, 2.24) is 6.55 Å². The summed E-state index contributed by atoms with van der Waals surface area (Å²) in [5.41, 5.74) is 1.78. The van der Waals surface area contributed by atoms with Gasteiger partial charge in [0.1, 0.15) is 0 Å². The minimum absolute atomic E-state index is 0.0603. The summed E-state index contributed by atoms with van der Waals surface area (Å²) in [5, 5.41) is 1.98. The number of aromatic nitrogens is 2. The molecular weight excluding hydrogens is 933 g/mol. The molecule has 1 radical (unpaired) electrons. The van der Waals surface area contributed by atoms with E-state index in [0.717, 1.165) is 3.57 Å². The molecule has 4 aliphatic heterocycles. The van der Waals surface area contributed by atoms with Crippen LogP contribution in [0.2, 0.25) is 0 Å². The summed E-state index contributed by atoms with van der Waals surface area (Å²) in [4.78, 5) is 28.2. The molecule has 0 saturated carbocycles. The van der Waals surface area contributed by atoms with Gasteiger partial charge in [-0.2, -0.15) is 0 Å². The molecule has 0 spiro atoms. The average Bonchev–Trinajstić information content (AvgIpc) is 3.80. The quantitative estimate of drug-likeness (QED) is 0.134. The molecule has 10 rings (SSSR count). The molecule has 6 aromatic rings. The molecule has 265 valence electrons. The molecule has 4 aliphatic rings. The Morgan fingerprint density at radius 3 is 1.52 bits per heavy atom. The Labute approximate surface area is 324 Å². The fraction of sp³-hybridized carbons (Fsp3) is 0. The van der Waals surface area contributed by atoms with Crippen LogP contribution in [0.5, 0.6) is 0 Å². The van der Waals surface area contributed by atoms with Crippen LogP contribution in [-0.4, -0.2) is 86.7 Å². The van der Waals surface area contributed by atoms with Gasteiger partial charge in [-0.1, -0.05) is 0 Å². The van der Waals surface area contributed by atoms with E-state index in [4.69, 9.17) is 30.0 Å². The van der Waals surface area contributed by atoms with Crippen LogP contribution in [0.3, 0.4) is 0 Å². The summed E-state index contributed by atoms with van der Waals surface area (Å²) >= 11 is -0.0123. The van der Waals surface area contributed by atoms with Crippen molar-refractivity contribution in [1.29, 1.82) is 0 Å². The van der Waals surface area contributed by atoms with Crippen LogP contribution in [0.4, 0.5) is 11.6 Å². The molecule has 0 atom stereocenters. The molecule has 0 unspecified atom stereocenters. The fourth-order valence-corrected chi connectivity index (χ4v) is 11.8. The molecule has 22 heteroatoms. The predicted octanol–water partition coefficient (Wildman–Crippen LogP) is 2.81. The van der Waals surface area contributed by atoms with Crippen LogP contribution in [0.1, 0.15) is 22.3 Å². The van der Waals surface area contributed by atoms with Crippen molar-refractivity contribution in [3.05, 3.63) is 110 Å². The van der Waals surface area contributed by atoms with Crippen LogP contribution in [0.25, 0.3) is 21.5 Å². The molecule has 6 bridgehead atoms. The van der Waals surface area contributed by atoms with Gasteiger partial charge in [-0.05, 0) is 0 Å². The van der Waals surface area contributed by atoms with Crippen molar-refractivity contribution in [3.63, 3.8) is 0 Å². The number of rotatable bonds is 3. The Balaban J connectivity index is 1.43. The molecule has 54 heavy (non-hydrogen) atoms. The summed E-state index contributed by atoms with van der Waals surface area (Å²) in [7, 11) is -14.0. The Bertz CT molecular complexity index is 3460. The van der Waals surface area contributed by atoms with Crippen LogP contribution in [0.15, 0.2) is 117 Å². The molecule has 0 saturated heterocycles. The van der Waals surface area contributed by atoms with E-state index < -0.39 is 53.1 Å². The van der Waals surface area contributed by atoms with Crippen LogP contribution in [-0.2, 0) is 30.4 Å². The first-order chi connectivity index (χ1) is 25.5. The van der Waals surface area contributed by atoms with E-state index in [1.54, 1.807) is 3.27 Å². The Hall–Kier alpha value is -4.66. The van der Waals surface area contributed by atoms with Gasteiger partial charge in [-0.3, -0.25) is 0 Å². The number of halogens is 1. The monoisotopic (exact) mass is 947 g/mol. The number of nitrogens with zero attached hydrogens (tertiary/aromatic N) is 8. The molecular formula is C32H15GaIN8O9S3. The van der Waals surface area contributed by atoms with Gasteiger partial charge >= 0.3 is 327 Å². The van der Waals surface area contributed by atoms with Crippen LogP contribution < -0.4 is 11.0 Å². The normalized spacial score (nSPS) is 15.6. The molecule has 3 N–H and O–H groups in total. The SMILES string of the molecule is O=S(=O)(O)c1ccc2c(c1)C1=NC2=Nc2c3cc(I)ccc3c3[n]2[Ga][n]2c(c4ccc(S(=O)(=O)O)cc4c2=NC2=NC(=N3)c3cc(S(=O)(=O)O)ccc32)=N1. The number of hydrogen-bond donors (Lipinski definition) is 3. The van der Waals surface area contributed by atoms with Gasteiger partial charge in [0, 0.05) is 0 Å². The number of benzene rings is 4. The fourth-order valence-electron chi connectivity index (χ4n) is 6.78. The first-order valence-corrected chi connectivity index (χ1v) is 23.0. The van der Waals surface area contributed by atoms with Crippen molar-refractivity contribution >= 4 is 127 Å². The summed E-state index contributed by atoms with van der Waals surface area (Å²) in [6, 6.07) is 17.5. The first kappa shape index (κ1) is 33.9. The van der Waals surface area contributed by atoms with Gasteiger partial charge in [0.25, 0.3) is 0 Å². The van der Waals surface area contributed by atoms with E-state index in [2.05, 4.69) is 22.6 Å². The third-order valence-corrected chi connectivity index (χ3v) is 15.4. The Morgan fingerprint density at radius 2 is 0.926 bits per heavy atom. The van der Waals surface area contributed by atoms with E-state index in [-0.39, 0.29) is 60.6 Å². The van der Waals surface area contributed by atoms with Crippen LogP contribution in [0, 0.1) is 3.57 Å². The maximum absolute atomic E-state index is 12.4. The number of fused-ring (bicyclic) bond motifs is 14. The summed E-state index contributed by atoms with van der Waals surface area (Å²) < 4.78 is 108. The van der Waals surface area contributed by atoms with E-state index in [0.29, 0.717) is 38.9 Å². The first-order valence-electron chi connectivity index (χ1n) is 15.4. The molecule has 17 nitrogen and oxygen atoms in total. The van der Waals surface area contributed by atoms with Crippen molar-refractivity contribution in [2.75, 3.05) is 0 Å². The molecule has 2 aromatic heterocycles. The van der Waals surface area contributed by atoms with Gasteiger partial charge in [-0.25, -0.2) is 0 Å². The van der Waals surface area contributed by atoms with Gasteiger partial charge in [0.15, 0.2) is 0 Å². The van der Waals surface area contributed by atoms with Crippen molar-refractivity contribution in [2.45, 2.75) is 14.7 Å². The zero-order valence-corrected chi connectivity index (χ0v) is 33.5. The van der Waals surface area contributed by atoms with E-state index >= 15 is 0 Å². The van der Waals surface area contributed by atoms with Crippen LogP contribution >= 0.6 is 22.6 Å². The Morgan fingerprint density at radius 1 is 0.463 bits per heavy atom. The molecule has 0 amide bonds. The Kier molecular flexibility index (Phi) is 7.03. The third-order valence-electron chi connectivity index (χ3n) is 9.19. The molecule has 6 heterocycles. The molecule has 0 aliphatic carbocycles. The number of amidine groups is 4. The minimum atomic E-state index is -4.70. The zero-order valence-electron chi connectivity index (χ0n) is 26.5. The van der Waals surface area contributed by atoms with Crippen molar-refractivity contribution in [2.24, 2.45) is 30.0 Å². The van der Waals surface area contributed by atoms with E-state index in [1.165, 1.54) is 54.6 Å². The standard InChI is InChI=1S/C32H15IN8O9S3.Ga/c33-13-1-5-17-21(9-13)29-34-25(17)36-30-23-11-15(52(45,46)47)3-7-19(23)27(38-30)40-32-24-12-16(53(48,49)50)4-8-20(24)28(41-32)39-31-22-10-14(51(42,43)44)2-6-18(22)26(35-29)37-31;/h1-12H,(H3-2,34,35,36,37,38,39,40,41,42,43,44,45,46,47,48,49,50);/q-2;+2. The topological polar surface area (TPSA) is 247 Å². The molecule has 4 aromatic carbocycles. The predicted molar refractivity (Wildman–Crippen MR) is 203 cm³/mol. The summed E-state index contributed by atoms with van der Waals surface area (Å²) in [6.45, 7) is 0. The number of aliphatic imine (C=N–C) groups is 4. The van der Waals surface area contributed by atoms with Gasteiger partial charge in [0.05, 0.1) is 0 Å². The number of hydrogen-bond acceptors (Lipinski definition) is 12. The van der Waals surface area contributed by atoms with Crippen molar-refractivity contribution < 1.29 is 38.9 Å². The average molecular weight is 948 g/mol. The summed E-state index contributed by atoms with van der Waals surface area (Å²) in [6.07, 6.45) is 0. The second kappa shape index (κ2) is 11.2. The third kappa shape index (κ3) is 5.09. The second-order valence-electron chi connectivity index (χ2n) is 12.4.